The second-order valence-electron chi connectivity index (χ2n) is 0.408. The van der Waals surface area contributed by atoms with E-state index in [1.807, 2.05) is 0 Å². The molecule has 9 nitrogen and oxygen atoms in total. The van der Waals surface area contributed by atoms with Crippen molar-refractivity contribution in [2.24, 2.45) is 0 Å². The molecule has 0 rings (SSSR count). The molecule has 0 bridgehead atoms. The summed E-state index contributed by atoms with van der Waals surface area (Å²) in [5.74, 6) is 0. The van der Waals surface area contributed by atoms with Crippen LogP contribution in [0.1, 0.15) is 0 Å². The molecule has 11 heteroatoms. The molecule has 0 spiro atoms. The van der Waals surface area contributed by atoms with E-state index in [2.05, 4.69) is 0 Å². The Labute approximate surface area is 74.3 Å². The first-order valence-electron chi connectivity index (χ1n) is 0.667. The number of hydrogen-bond donors (Lipinski definition) is 0. The third-order valence-corrected chi connectivity index (χ3v) is 0. The summed E-state index contributed by atoms with van der Waals surface area (Å²) in [4.78, 5) is 0. The van der Waals surface area contributed by atoms with Gasteiger partial charge < -0.3 is 27.4 Å². The van der Waals surface area contributed by atoms with Gasteiger partial charge in [-0.15, -0.1) is 0 Å². The fourth-order valence-electron chi connectivity index (χ4n) is 0. The third-order valence-electron chi connectivity index (χ3n) is 0. The Morgan fingerprint density at radius 2 is 0.727 bits per heavy atom. The maximum atomic E-state index is 8.59. The fourth-order valence-corrected chi connectivity index (χ4v) is 0. The number of hydrogen-bond acceptors (Lipinski definition) is 4. The van der Waals surface area contributed by atoms with Gasteiger partial charge in [-0.2, -0.15) is 0 Å². The second kappa shape index (κ2) is 22.4. The maximum absolute atomic E-state index is 8.59. The van der Waals surface area contributed by atoms with Gasteiger partial charge in [0.1, 0.15) is 0 Å². The van der Waals surface area contributed by atoms with Gasteiger partial charge in [0.25, 0.3) is 0 Å². The van der Waals surface area contributed by atoms with Gasteiger partial charge in [-0.25, -0.2) is 0 Å². The predicted octanol–water partition coefficient (Wildman–Crippen LogP) is -7.12. The minimum Gasteiger partial charge on any atom is 2.00 e. The van der Waals surface area contributed by atoms with Crippen molar-refractivity contribution in [1.82, 2.24) is 0 Å². The topological polar surface area (TPSA) is 238 Å². The van der Waals surface area contributed by atoms with Crippen LogP contribution in [0, 0.1) is 0 Å². The van der Waals surface area contributed by atoms with Gasteiger partial charge in [-0.05, 0) is 0 Å². The summed E-state index contributed by atoms with van der Waals surface area (Å²) >= 11 is -5.75. The van der Waals surface area contributed by atoms with E-state index in [-0.39, 0.29) is 44.4 Å². The van der Waals surface area contributed by atoms with Gasteiger partial charge in [-0.3, -0.25) is 0 Å². The van der Waals surface area contributed by atoms with Crippen LogP contribution < -0.4 is 8.38 Å². The molecule has 0 aliphatic rings. The van der Waals surface area contributed by atoms with Crippen molar-refractivity contribution in [3.8, 4) is 0 Å². The van der Waals surface area contributed by atoms with Crippen LogP contribution in [0.25, 0.3) is 0 Å². The van der Waals surface area contributed by atoms with Gasteiger partial charge in [0.15, 0.2) is 0 Å². The molecule has 0 unspecified atom stereocenters. The van der Waals surface area contributed by atoms with Crippen LogP contribution >= 0.6 is 0 Å². The van der Waals surface area contributed by atoms with Gasteiger partial charge in [0.05, 0.1) is 0 Å². The summed E-state index contributed by atoms with van der Waals surface area (Å²) in [7, 11) is 0. The predicted molar refractivity (Wildman–Crippen MR) is 25.2 cm³/mol. The molecule has 0 aliphatic heterocycles. The molecule has 0 fully saturated rings. The standard InChI is InChI=1S/Mn.H2O4Se.5H2O/c;1-5(2,3)4;;;;;/h;(H2,1,2,3,4);5*1H2/q+2;;;;;;/p-2. The Morgan fingerprint density at radius 1 is 0.727 bits per heavy atom. The van der Waals surface area contributed by atoms with Gasteiger partial charge in [0.2, 0.25) is 0 Å². The van der Waals surface area contributed by atoms with Crippen molar-refractivity contribution in [3.05, 3.63) is 0 Å². The van der Waals surface area contributed by atoms with Crippen molar-refractivity contribution in [2.75, 3.05) is 0 Å². The zero-order valence-corrected chi connectivity index (χ0v) is 7.81. The molecule has 0 atom stereocenters. The molecule has 11 heavy (non-hydrogen) atoms. The van der Waals surface area contributed by atoms with E-state index in [1.165, 1.54) is 0 Å². The Kier molecular flexibility index (Phi) is 131. The van der Waals surface area contributed by atoms with Crippen molar-refractivity contribution < 1.29 is 60.5 Å². The molecule has 10 N–H and O–H groups in total. The molecule has 0 aromatic rings. The van der Waals surface area contributed by atoms with E-state index >= 15 is 0 Å². The molecule has 0 aliphatic carbocycles. The maximum Gasteiger partial charge on any atom is 2.00 e. The zero-order valence-electron chi connectivity index (χ0n) is 4.92. The van der Waals surface area contributed by atoms with Gasteiger partial charge in [0, 0.05) is 0 Å². The van der Waals surface area contributed by atoms with E-state index in [0.29, 0.717) is 0 Å². The summed E-state index contributed by atoms with van der Waals surface area (Å²) in [6.45, 7) is 0. The molecule has 1 radical (unpaired) electrons. The molecule has 0 heterocycles. The van der Waals surface area contributed by atoms with Crippen LogP contribution in [-0.2, 0) is 24.7 Å². The Balaban J connectivity index is -0.00000000533. The number of rotatable bonds is 0. The monoisotopic (exact) mass is 289 g/mol. The minimum atomic E-state index is -5.75. The van der Waals surface area contributed by atoms with Crippen molar-refractivity contribution in [2.45, 2.75) is 0 Å². The van der Waals surface area contributed by atoms with Crippen LogP contribution in [0.5, 0.6) is 0 Å². The third kappa shape index (κ3) is 5620. The van der Waals surface area contributed by atoms with Crippen LogP contribution in [0.2, 0.25) is 0 Å². The zero-order chi connectivity index (χ0) is 4.50. The van der Waals surface area contributed by atoms with E-state index in [9.17, 15) is 0 Å². The molecule has 0 saturated carbocycles. The van der Waals surface area contributed by atoms with Crippen LogP contribution in [0.15, 0.2) is 0 Å². The summed E-state index contributed by atoms with van der Waals surface area (Å²) in [5.41, 5.74) is 0. The first-order valence-corrected chi connectivity index (χ1v) is 3.46. The quantitative estimate of drug-likeness (QED) is 0.394. The molecular formula is H10MnO9Se. The van der Waals surface area contributed by atoms with Crippen LogP contribution in [-0.4, -0.2) is 40.7 Å². The van der Waals surface area contributed by atoms with E-state index < -0.39 is 13.4 Å². The SMILES string of the molecule is O.O.O.O.O.O=[Se](=O)([O-])[O-].[Mn+2]. The van der Waals surface area contributed by atoms with Crippen molar-refractivity contribution in [3.63, 3.8) is 0 Å². The summed E-state index contributed by atoms with van der Waals surface area (Å²) in [5, 5.41) is 0. The van der Waals surface area contributed by atoms with Crippen molar-refractivity contribution in [1.29, 1.82) is 0 Å². The first kappa shape index (κ1) is 64.2. The molecule has 0 saturated heterocycles. The second-order valence-corrected chi connectivity index (χ2v) is 2.12. The fraction of sp³-hybridized carbons (Fsp3) is 0. The molecule has 0 aromatic carbocycles. The molecule has 0 amide bonds. The Hall–Kier alpha value is 0.359. The molecule has 0 aromatic heterocycles. The van der Waals surface area contributed by atoms with Gasteiger partial charge in [-0.1, -0.05) is 0 Å². The summed E-state index contributed by atoms with van der Waals surface area (Å²) in [6, 6.07) is 0. The van der Waals surface area contributed by atoms with E-state index in [0.717, 1.165) is 0 Å². The molecular weight excluding hydrogens is 278 g/mol. The largest absolute Gasteiger partial charge is 2.00 e. The first-order chi connectivity index (χ1) is 2.00. The summed E-state index contributed by atoms with van der Waals surface area (Å²) in [6.07, 6.45) is 0. The summed E-state index contributed by atoms with van der Waals surface area (Å²) < 4.78 is 34.4. The smallest absolute Gasteiger partial charge is 2.00 e. The van der Waals surface area contributed by atoms with Crippen molar-refractivity contribution >= 4 is 13.4 Å². The average Bonchev–Trinajstić information content (AvgIpc) is 0.722. The Morgan fingerprint density at radius 3 is 0.727 bits per heavy atom. The minimum absolute atomic E-state index is 0. The van der Waals surface area contributed by atoms with Crippen LogP contribution in [0.3, 0.4) is 0 Å². The normalized spacial score (nSPS) is 5.27. The van der Waals surface area contributed by atoms with E-state index in [4.69, 9.17) is 16.0 Å². The average molecular weight is 288 g/mol. The van der Waals surface area contributed by atoms with Gasteiger partial charge >= 0.3 is 46.5 Å². The Bertz CT molecular complexity index is 92.7. The van der Waals surface area contributed by atoms with E-state index in [1.54, 1.807) is 0 Å². The van der Waals surface area contributed by atoms with Crippen LogP contribution in [0.4, 0.5) is 0 Å². The molecule has 77 valence electrons.